The number of amides is 1. The van der Waals surface area contributed by atoms with Crippen LogP contribution in [0.15, 0.2) is 24.3 Å². The van der Waals surface area contributed by atoms with Crippen LogP contribution in [0.5, 0.6) is 5.75 Å². The minimum absolute atomic E-state index is 0.136. The second-order valence-electron chi connectivity index (χ2n) is 3.71. The van der Waals surface area contributed by atoms with Gasteiger partial charge in [-0.05, 0) is 31.5 Å². The first-order valence-electron chi connectivity index (χ1n) is 5.17. The molecule has 88 valence electrons. The summed E-state index contributed by atoms with van der Waals surface area (Å²) >= 11 is 5.96. The quantitative estimate of drug-likeness (QED) is 0.823. The highest BCUT2D eigenvalue weighted by Crippen LogP contribution is 2.23. The highest BCUT2D eigenvalue weighted by molar-refractivity contribution is 6.30. The maximum atomic E-state index is 11.3. The van der Waals surface area contributed by atoms with Crippen LogP contribution in [-0.4, -0.2) is 19.1 Å². The predicted octanol–water partition coefficient (Wildman–Crippen LogP) is 2.50. The van der Waals surface area contributed by atoms with Crippen LogP contribution in [0, 0.1) is 0 Å². The van der Waals surface area contributed by atoms with Gasteiger partial charge in [0.1, 0.15) is 11.1 Å². The summed E-state index contributed by atoms with van der Waals surface area (Å²) in [5.41, 5.74) is 0.761. The van der Waals surface area contributed by atoms with E-state index in [0.717, 1.165) is 11.3 Å². The molecule has 1 aromatic rings. The number of likely N-dealkylation sites (N-methyl/N-ethyl adjacent to an activating group) is 1. The van der Waals surface area contributed by atoms with E-state index < -0.39 is 5.38 Å². The van der Waals surface area contributed by atoms with E-state index in [1.807, 2.05) is 26.0 Å². The first-order chi connectivity index (χ1) is 7.54. The number of alkyl halides is 1. The summed E-state index contributed by atoms with van der Waals surface area (Å²) in [6.45, 7) is 3.92. The molecule has 0 aromatic heterocycles. The molecule has 1 unspecified atom stereocenters. The maximum Gasteiger partial charge on any atom is 0.242 e. The molecule has 0 saturated heterocycles. The van der Waals surface area contributed by atoms with Crippen molar-refractivity contribution in [3.05, 3.63) is 29.8 Å². The molecule has 1 N–H and O–H groups in total. The molecule has 0 aliphatic heterocycles. The molecule has 1 atom stereocenters. The summed E-state index contributed by atoms with van der Waals surface area (Å²) in [5, 5.41) is 1.85. The third kappa shape index (κ3) is 3.42. The number of rotatable bonds is 4. The van der Waals surface area contributed by atoms with Gasteiger partial charge in [-0.1, -0.05) is 12.1 Å². The number of carbonyl (C=O) groups excluding carboxylic acids is 1. The fourth-order valence-electron chi connectivity index (χ4n) is 1.27. The van der Waals surface area contributed by atoms with Gasteiger partial charge in [0, 0.05) is 7.05 Å². The van der Waals surface area contributed by atoms with Crippen molar-refractivity contribution in [1.29, 1.82) is 0 Å². The fraction of sp³-hybridized carbons (Fsp3) is 0.417. The molecule has 0 aliphatic rings. The molecule has 0 bridgehead atoms. The first kappa shape index (κ1) is 12.8. The summed E-state index contributed by atoms with van der Waals surface area (Å²) in [7, 11) is 1.56. The van der Waals surface area contributed by atoms with Gasteiger partial charge < -0.3 is 10.1 Å². The van der Waals surface area contributed by atoms with Crippen LogP contribution in [0.25, 0.3) is 0 Å². The van der Waals surface area contributed by atoms with Crippen LogP contribution in [0.1, 0.15) is 24.8 Å². The molecular formula is C12H16ClNO2. The van der Waals surface area contributed by atoms with Crippen molar-refractivity contribution in [2.45, 2.75) is 25.3 Å². The van der Waals surface area contributed by atoms with Crippen molar-refractivity contribution in [3.63, 3.8) is 0 Å². The molecule has 1 aromatic carbocycles. The van der Waals surface area contributed by atoms with E-state index in [4.69, 9.17) is 16.3 Å². The molecular weight excluding hydrogens is 226 g/mol. The number of ether oxygens (including phenoxy) is 1. The van der Waals surface area contributed by atoms with Gasteiger partial charge in [-0.3, -0.25) is 4.79 Å². The first-order valence-corrected chi connectivity index (χ1v) is 5.60. The summed E-state index contributed by atoms with van der Waals surface area (Å²) in [6.07, 6.45) is 0.136. The summed E-state index contributed by atoms with van der Waals surface area (Å²) in [6, 6.07) is 7.22. The molecule has 1 amide bonds. The van der Waals surface area contributed by atoms with Gasteiger partial charge >= 0.3 is 0 Å². The SMILES string of the molecule is CNC(=O)C(Cl)c1ccc(OC(C)C)cc1. The normalized spacial score (nSPS) is 12.3. The second-order valence-corrected chi connectivity index (χ2v) is 4.15. The molecule has 0 radical (unpaired) electrons. The fourth-order valence-corrected chi connectivity index (χ4v) is 1.52. The highest BCUT2D eigenvalue weighted by Gasteiger charge is 2.15. The number of hydrogen-bond donors (Lipinski definition) is 1. The second kappa shape index (κ2) is 5.75. The summed E-state index contributed by atoms with van der Waals surface area (Å²) in [5.74, 6) is 0.568. The van der Waals surface area contributed by atoms with E-state index in [1.54, 1.807) is 19.2 Å². The van der Waals surface area contributed by atoms with Gasteiger partial charge in [0.25, 0.3) is 0 Å². The zero-order valence-electron chi connectivity index (χ0n) is 9.66. The Hall–Kier alpha value is -1.22. The van der Waals surface area contributed by atoms with Gasteiger partial charge in [-0.25, -0.2) is 0 Å². The van der Waals surface area contributed by atoms with E-state index in [1.165, 1.54) is 0 Å². The lowest BCUT2D eigenvalue weighted by Crippen LogP contribution is -2.22. The Kier molecular flexibility index (Phi) is 4.62. The molecule has 0 aliphatic carbocycles. The van der Waals surface area contributed by atoms with Crippen molar-refractivity contribution in [2.24, 2.45) is 0 Å². The molecule has 4 heteroatoms. The molecule has 0 fully saturated rings. The number of hydrogen-bond acceptors (Lipinski definition) is 2. The molecule has 1 rings (SSSR count). The van der Waals surface area contributed by atoms with Crippen LogP contribution >= 0.6 is 11.6 Å². The van der Waals surface area contributed by atoms with Gasteiger partial charge in [0.2, 0.25) is 5.91 Å². The van der Waals surface area contributed by atoms with Crippen molar-refractivity contribution in [3.8, 4) is 5.75 Å². The largest absolute Gasteiger partial charge is 0.491 e. The van der Waals surface area contributed by atoms with E-state index >= 15 is 0 Å². The molecule has 3 nitrogen and oxygen atoms in total. The van der Waals surface area contributed by atoms with Gasteiger partial charge in [-0.2, -0.15) is 0 Å². The molecule has 16 heavy (non-hydrogen) atoms. The van der Waals surface area contributed by atoms with Gasteiger partial charge in [-0.15, -0.1) is 11.6 Å². The zero-order chi connectivity index (χ0) is 12.1. The smallest absolute Gasteiger partial charge is 0.242 e. The van der Waals surface area contributed by atoms with E-state index in [0.29, 0.717) is 0 Å². The third-order valence-electron chi connectivity index (χ3n) is 2.02. The van der Waals surface area contributed by atoms with Crippen LogP contribution in [-0.2, 0) is 4.79 Å². The van der Waals surface area contributed by atoms with Crippen LogP contribution in [0.3, 0.4) is 0 Å². The summed E-state index contributed by atoms with van der Waals surface area (Å²) in [4.78, 5) is 11.3. The van der Waals surface area contributed by atoms with Crippen LogP contribution < -0.4 is 10.1 Å². The monoisotopic (exact) mass is 241 g/mol. The lowest BCUT2D eigenvalue weighted by molar-refractivity contribution is -0.120. The minimum atomic E-state index is -0.655. The van der Waals surface area contributed by atoms with Gasteiger partial charge in [0.15, 0.2) is 0 Å². The van der Waals surface area contributed by atoms with Crippen molar-refractivity contribution < 1.29 is 9.53 Å². The average Bonchev–Trinajstić information content (AvgIpc) is 2.27. The van der Waals surface area contributed by atoms with Crippen molar-refractivity contribution in [2.75, 3.05) is 7.05 Å². The Labute approximate surface area is 101 Å². The van der Waals surface area contributed by atoms with Crippen molar-refractivity contribution in [1.82, 2.24) is 5.32 Å². The Bertz CT molecular complexity index is 349. The number of benzene rings is 1. The predicted molar refractivity (Wildman–Crippen MR) is 64.9 cm³/mol. The number of carbonyl (C=O) groups is 1. The maximum absolute atomic E-state index is 11.3. The Balaban J connectivity index is 2.74. The number of halogens is 1. The Morgan fingerprint density at radius 1 is 1.31 bits per heavy atom. The van der Waals surface area contributed by atoms with Crippen LogP contribution in [0.4, 0.5) is 0 Å². The molecule has 0 heterocycles. The van der Waals surface area contributed by atoms with E-state index in [9.17, 15) is 4.79 Å². The Morgan fingerprint density at radius 3 is 2.31 bits per heavy atom. The van der Waals surface area contributed by atoms with E-state index in [-0.39, 0.29) is 12.0 Å². The highest BCUT2D eigenvalue weighted by atomic mass is 35.5. The van der Waals surface area contributed by atoms with Gasteiger partial charge in [0.05, 0.1) is 6.10 Å². The van der Waals surface area contributed by atoms with Crippen molar-refractivity contribution >= 4 is 17.5 Å². The average molecular weight is 242 g/mol. The van der Waals surface area contributed by atoms with E-state index in [2.05, 4.69) is 5.32 Å². The Morgan fingerprint density at radius 2 is 1.88 bits per heavy atom. The number of nitrogens with one attached hydrogen (secondary N) is 1. The zero-order valence-corrected chi connectivity index (χ0v) is 10.4. The lowest BCUT2D eigenvalue weighted by Gasteiger charge is -2.11. The summed E-state index contributed by atoms with van der Waals surface area (Å²) < 4.78 is 5.49. The lowest BCUT2D eigenvalue weighted by atomic mass is 10.1. The minimum Gasteiger partial charge on any atom is -0.491 e. The van der Waals surface area contributed by atoms with Crippen LogP contribution in [0.2, 0.25) is 0 Å². The standard InChI is InChI=1S/C12H16ClNO2/c1-8(2)16-10-6-4-9(5-7-10)11(13)12(15)14-3/h4-8,11H,1-3H3,(H,14,15). The topological polar surface area (TPSA) is 38.3 Å². The molecule has 0 saturated carbocycles. The third-order valence-corrected chi connectivity index (χ3v) is 2.47. The molecule has 0 spiro atoms.